The number of benzene rings is 1. The molecule has 2 rings (SSSR count). The number of nitrogens with two attached hydrogens (primary N) is 1. The number of hydrogen-bond donors (Lipinski definition) is 2. The van der Waals surface area contributed by atoms with Crippen molar-refractivity contribution in [2.45, 2.75) is 25.4 Å². The summed E-state index contributed by atoms with van der Waals surface area (Å²) in [7, 11) is 0. The fourth-order valence-corrected chi connectivity index (χ4v) is 2.88. The minimum atomic E-state index is -0.302. The lowest BCUT2D eigenvalue weighted by molar-refractivity contribution is -0.120. The molecule has 1 heterocycles. The van der Waals surface area contributed by atoms with Crippen LogP contribution in [0.5, 0.6) is 0 Å². The molecule has 1 fully saturated rings. The third kappa shape index (κ3) is 4.35. The van der Waals surface area contributed by atoms with Crippen molar-refractivity contribution in [3.63, 3.8) is 0 Å². The summed E-state index contributed by atoms with van der Waals surface area (Å²) in [5, 5.41) is 4.40. The summed E-state index contributed by atoms with van der Waals surface area (Å²) in [6.07, 6.45) is 2.04. The molecule has 0 spiro atoms. The van der Waals surface area contributed by atoms with Crippen LogP contribution in [-0.4, -0.2) is 36.5 Å². The number of primary amides is 1. The highest BCUT2D eigenvalue weighted by Crippen LogP contribution is 2.24. The number of piperidine rings is 1. The van der Waals surface area contributed by atoms with E-state index in [0.717, 1.165) is 31.5 Å². The van der Waals surface area contributed by atoms with Crippen molar-refractivity contribution in [2.75, 3.05) is 19.6 Å². The average molecular weight is 316 g/mol. The molecule has 0 saturated carbocycles. The third-order valence-electron chi connectivity index (χ3n) is 3.55. The van der Waals surface area contributed by atoms with Gasteiger partial charge in [-0.15, -0.1) is 0 Å². The molecule has 1 aromatic rings. The Kier molecular flexibility index (Phi) is 5.66. The maximum Gasteiger partial charge on any atom is 0.231 e. The summed E-state index contributed by atoms with van der Waals surface area (Å²) < 4.78 is 0. The second-order valence-corrected chi connectivity index (χ2v) is 5.92. The Morgan fingerprint density at radius 3 is 2.60 bits per heavy atom. The van der Waals surface area contributed by atoms with Gasteiger partial charge in [0.2, 0.25) is 5.91 Å². The third-order valence-corrected chi connectivity index (χ3v) is 4.29. The highest BCUT2D eigenvalue weighted by atomic mass is 35.5. The number of halogens is 2. The monoisotopic (exact) mass is 315 g/mol. The first-order valence-electron chi connectivity index (χ1n) is 6.73. The van der Waals surface area contributed by atoms with Gasteiger partial charge in [-0.2, -0.15) is 0 Å². The molecule has 1 aromatic carbocycles. The molecule has 0 aromatic heterocycles. The van der Waals surface area contributed by atoms with Crippen LogP contribution in [0.2, 0.25) is 10.0 Å². The first-order valence-corrected chi connectivity index (χ1v) is 7.49. The largest absolute Gasteiger partial charge is 0.369 e. The zero-order chi connectivity index (χ0) is 14.5. The Bertz CT molecular complexity index is 475. The van der Waals surface area contributed by atoms with Crippen LogP contribution in [0.15, 0.2) is 18.2 Å². The zero-order valence-electron chi connectivity index (χ0n) is 11.2. The van der Waals surface area contributed by atoms with E-state index >= 15 is 0 Å². The van der Waals surface area contributed by atoms with Gasteiger partial charge < -0.3 is 11.1 Å². The predicted octanol–water partition coefficient (Wildman–Crippen LogP) is 2.03. The lowest BCUT2D eigenvalue weighted by Gasteiger charge is -2.33. The molecular formula is C14H19Cl2N3O. The van der Waals surface area contributed by atoms with E-state index < -0.39 is 0 Å². The number of nitrogens with zero attached hydrogens (tertiary/aromatic N) is 1. The van der Waals surface area contributed by atoms with Gasteiger partial charge in [-0.1, -0.05) is 29.3 Å². The van der Waals surface area contributed by atoms with Crippen LogP contribution < -0.4 is 11.1 Å². The smallest absolute Gasteiger partial charge is 0.231 e. The van der Waals surface area contributed by atoms with Gasteiger partial charge in [-0.3, -0.25) is 9.69 Å². The number of rotatable bonds is 5. The Balaban J connectivity index is 2.09. The van der Waals surface area contributed by atoms with Crippen LogP contribution in [-0.2, 0) is 11.3 Å². The molecule has 0 radical (unpaired) electrons. The van der Waals surface area contributed by atoms with Crippen molar-refractivity contribution < 1.29 is 4.79 Å². The van der Waals surface area contributed by atoms with Gasteiger partial charge in [0.25, 0.3) is 0 Å². The maximum atomic E-state index is 11.3. The molecule has 4 nitrogen and oxygen atoms in total. The second-order valence-electron chi connectivity index (χ2n) is 5.10. The van der Waals surface area contributed by atoms with E-state index in [1.807, 2.05) is 12.1 Å². The lowest BCUT2D eigenvalue weighted by Crippen LogP contribution is -2.46. The van der Waals surface area contributed by atoms with Gasteiger partial charge in [0.05, 0.1) is 16.6 Å². The van der Waals surface area contributed by atoms with E-state index in [2.05, 4.69) is 10.2 Å². The van der Waals surface area contributed by atoms with Crippen molar-refractivity contribution in [1.82, 2.24) is 10.2 Å². The molecule has 0 aliphatic carbocycles. The minimum absolute atomic E-state index is 0.269. The van der Waals surface area contributed by atoms with Crippen LogP contribution in [0.4, 0.5) is 0 Å². The summed E-state index contributed by atoms with van der Waals surface area (Å²) in [6.45, 7) is 2.87. The van der Waals surface area contributed by atoms with Crippen molar-refractivity contribution in [3.8, 4) is 0 Å². The minimum Gasteiger partial charge on any atom is -0.369 e. The van der Waals surface area contributed by atoms with E-state index in [1.165, 1.54) is 0 Å². The van der Waals surface area contributed by atoms with Gasteiger partial charge in [-0.25, -0.2) is 0 Å². The van der Waals surface area contributed by atoms with Crippen molar-refractivity contribution in [2.24, 2.45) is 5.73 Å². The molecule has 0 bridgehead atoms. The van der Waals surface area contributed by atoms with Gasteiger partial charge in [0.15, 0.2) is 0 Å². The maximum absolute atomic E-state index is 11.3. The normalized spacial score (nSPS) is 16.6. The van der Waals surface area contributed by atoms with Crippen LogP contribution >= 0.6 is 23.2 Å². The second kappa shape index (κ2) is 7.27. The molecule has 0 unspecified atom stereocenters. The van der Waals surface area contributed by atoms with Crippen molar-refractivity contribution in [1.29, 1.82) is 0 Å². The number of hydrogen-bond acceptors (Lipinski definition) is 3. The number of nitrogens with one attached hydrogen (secondary N) is 1. The topological polar surface area (TPSA) is 58.4 Å². The summed E-state index contributed by atoms with van der Waals surface area (Å²) in [5.74, 6) is -0.302. The molecular weight excluding hydrogens is 297 g/mol. The van der Waals surface area contributed by atoms with Gasteiger partial charge in [0, 0.05) is 12.6 Å². The quantitative estimate of drug-likeness (QED) is 0.874. The van der Waals surface area contributed by atoms with Crippen LogP contribution in [0.1, 0.15) is 18.4 Å². The van der Waals surface area contributed by atoms with Gasteiger partial charge >= 0.3 is 0 Å². The first kappa shape index (κ1) is 15.6. The standard InChI is InChI=1S/C14H19Cl2N3O/c15-12-2-1-10(7-13(12)16)8-19(9-14(17)20)11-3-5-18-6-4-11/h1-2,7,11,18H,3-6,8-9H2,(H2,17,20). The first-order chi connectivity index (χ1) is 9.56. The summed E-state index contributed by atoms with van der Waals surface area (Å²) in [5.41, 5.74) is 6.41. The SMILES string of the molecule is NC(=O)CN(Cc1ccc(Cl)c(Cl)c1)C1CCNCC1. The molecule has 1 saturated heterocycles. The summed E-state index contributed by atoms with van der Waals surface area (Å²) in [4.78, 5) is 13.4. The van der Waals surface area contributed by atoms with Gasteiger partial charge in [0.1, 0.15) is 0 Å². The molecule has 110 valence electrons. The number of amides is 1. The van der Waals surface area contributed by atoms with Crippen molar-refractivity contribution >= 4 is 29.1 Å². The Morgan fingerprint density at radius 2 is 2.00 bits per heavy atom. The Morgan fingerprint density at radius 1 is 1.30 bits per heavy atom. The van der Waals surface area contributed by atoms with E-state index in [-0.39, 0.29) is 12.5 Å². The van der Waals surface area contributed by atoms with Crippen LogP contribution in [0, 0.1) is 0 Å². The zero-order valence-corrected chi connectivity index (χ0v) is 12.8. The van der Waals surface area contributed by atoms with Crippen LogP contribution in [0.3, 0.4) is 0 Å². The fraction of sp³-hybridized carbons (Fsp3) is 0.500. The molecule has 1 aliphatic heterocycles. The molecule has 6 heteroatoms. The number of carbonyl (C=O) groups excluding carboxylic acids is 1. The molecule has 1 aliphatic rings. The predicted molar refractivity (Wildman–Crippen MR) is 82.0 cm³/mol. The Hall–Kier alpha value is -0.810. The van der Waals surface area contributed by atoms with E-state index in [0.29, 0.717) is 22.6 Å². The highest BCUT2D eigenvalue weighted by Gasteiger charge is 2.22. The Labute approximate surface area is 129 Å². The van der Waals surface area contributed by atoms with Crippen LogP contribution in [0.25, 0.3) is 0 Å². The molecule has 0 atom stereocenters. The van der Waals surface area contributed by atoms with E-state index in [1.54, 1.807) is 6.07 Å². The van der Waals surface area contributed by atoms with E-state index in [9.17, 15) is 4.79 Å². The fourth-order valence-electron chi connectivity index (χ4n) is 2.56. The van der Waals surface area contributed by atoms with Crippen molar-refractivity contribution in [3.05, 3.63) is 33.8 Å². The highest BCUT2D eigenvalue weighted by molar-refractivity contribution is 6.42. The average Bonchev–Trinajstić information content (AvgIpc) is 2.43. The lowest BCUT2D eigenvalue weighted by atomic mass is 10.0. The number of carbonyl (C=O) groups is 1. The van der Waals surface area contributed by atoms with E-state index in [4.69, 9.17) is 28.9 Å². The summed E-state index contributed by atoms with van der Waals surface area (Å²) >= 11 is 12.0. The van der Waals surface area contributed by atoms with Gasteiger partial charge in [-0.05, 0) is 43.6 Å². The molecule has 20 heavy (non-hydrogen) atoms. The molecule has 3 N–H and O–H groups in total. The molecule has 1 amide bonds. The summed E-state index contributed by atoms with van der Waals surface area (Å²) in [6, 6.07) is 5.94.